The molecule has 2 unspecified atom stereocenters. The molecule has 85 heavy (non-hydrogen) atoms. The SMILES string of the molecule is CCCCCCCCCCCCCCCCCCCCCCCCCCCCCCCCCCCCCCCCCCCC(=O)OC(COC(=O)CCCCCCCCCCCCCCCCCCCCCC)COP(=O)([O-])OCC[N+](C)(C)C. The first-order valence-electron chi connectivity index (χ1n) is 38.2. The molecule has 0 aromatic rings. The van der Waals surface area contributed by atoms with Crippen LogP contribution in [0.4, 0.5) is 0 Å². The summed E-state index contributed by atoms with van der Waals surface area (Å²) in [5.41, 5.74) is 0. The summed E-state index contributed by atoms with van der Waals surface area (Å²) in [4.78, 5) is 38.1. The molecule has 0 saturated carbocycles. The van der Waals surface area contributed by atoms with Crippen LogP contribution in [-0.4, -0.2) is 70.0 Å². The maximum Gasteiger partial charge on any atom is 0.306 e. The molecule has 0 aromatic heterocycles. The van der Waals surface area contributed by atoms with Gasteiger partial charge in [0.25, 0.3) is 7.82 Å². The van der Waals surface area contributed by atoms with Gasteiger partial charge in [0, 0.05) is 12.8 Å². The van der Waals surface area contributed by atoms with Crippen LogP contribution in [0.15, 0.2) is 0 Å². The number of nitrogens with zero attached hydrogens (tertiary/aromatic N) is 1. The minimum atomic E-state index is -4.63. The van der Waals surface area contributed by atoms with E-state index < -0.39 is 26.5 Å². The maximum atomic E-state index is 12.9. The van der Waals surface area contributed by atoms with E-state index in [0.29, 0.717) is 17.4 Å². The molecule has 2 atom stereocenters. The Morgan fingerprint density at radius 2 is 0.529 bits per heavy atom. The summed E-state index contributed by atoms with van der Waals surface area (Å²) in [5.74, 6) is -0.803. The van der Waals surface area contributed by atoms with E-state index in [0.717, 1.165) is 32.1 Å². The molecule has 0 N–H and O–H groups in total. The summed E-state index contributed by atoms with van der Waals surface area (Å²) in [6, 6.07) is 0. The van der Waals surface area contributed by atoms with Gasteiger partial charge in [0.15, 0.2) is 6.10 Å². The molecule has 0 rings (SSSR count). The predicted molar refractivity (Wildman–Crippen MR) is 365 cm³/mol. The van der Waals surface area contributed by atoms with Crippen LogP contribution in [0.1, 0.15) is 418 Å². The fourth-order valence-electron chi connectivity index (χ4n) is 12.0. The van der Waals surface area contributed by atoms with Crippen molar-refractivity contribution in [3.05, 3.63) is 0 Å². The largest absolute Gasteiger partial charge is 0.756 e. The molecular formula is C75H150NO8P. The zero-order valence-corrected chi connectivity index (χ0v) is 59.0. The van der Waals surface area contributed by atoms with E-state index in [9.17, 15) is 19.0 Å². The maximum absolute atomic E-state index is 12.9. The van der Waals surface area contributed by atoms with Gasteiger partial charge in [-0.15, -0.1) is 0 Å². The lowest BCUT2D eigenvalue weighted by atomic mass is 10.0. The van der Waals surface area contributed by atoms with Crippen LogP contribution in [0.2, 0.25) is 0 Å². The van der Waals surface area contributed by atoms with Gasteiger partial charge in [-0.2, -0.15) is 0 Å². The number of quaternary nitrogens is 1. The summed E-state index contributed by atoms with van der Waals surface area (Å²) in [6.45, 7) is 4.34. The minimum Gasteiger partial charge on any atom is -0.756 e. The third-order valence-corrected chi connectivity index (χ3v) is 18.8. The molecule has 0 fully saturated rings. The van der Waals surface area contributed by atoms with E-state index >= 15 is 0 Å². The Morgan fingerprint density at radius 3 is 0.753 bits per heavy atom. The lowest BCUT2D eigenvalue weighted by Gasteiger charge is -2.28. The molecule has 0 bridgehead atoms. The van der Waals surface area contributed by atoms with Gasteiger partial charge in [0.1, 0.15) is 19.8 Å². The van der Waals surface area contributed by atoms with Gasteiger partial charge in [-0.1, -0.05) is 393 Å². The molecule has 0 amide bonds. The smallest absolute Gasteiger partial charge is 0.306 e. The zero-order valence-electron chi connectivity index (χ0n) is 58.1. The van der Waals surface area contributed by atoms with Gasteiger partial charge < -0.3 is 27.9 Å². The first kappa shape index (κ1) is 84.0. The second-order valence-corrected chi connectivity index (χ2v) is 29.2. The second-order valence-electron chi connectivity index (χ2n) is 27.7. The number of rotatable bonds is 73. The summed E-state index contributed by atoms with van der Waals surface area (Å²) < 4.78 is 34.3. The van der Waals surface area contributed by atoms with Crippen molar-refractivity contribution < 1.29 is 42.1 Å². The van der Waals surface area contributed by atoms with Crippen molar-refractivity contribution in [2.45, 2.75) is 424 Å². The van der Waals surface area contributed by atoms with Crippen molar-refractivity contribution >= 4 is 19.8 Å². The highest BCUT2D eigenvalue weighted by Crippen LogP contribution is 2.38. The fourth-order valence-corrected chi connectivity index (χ4v) is 12.7. The van der Waals surface area contributed by atoms with Crippen molar-refractivity contribution in [3.63, 3.8) is 0 Å². The van der Waals surface area contributed by atoms with Crippen molar-refractivity contribution in [1.82, 2.24) is 0 Å². The second kappa shape index (κ2) is 67.4. The average Bonchev–Trinajstić information content (AvgIpc) is 3.51. The summed E-state index contributed by atoms with van der Waals surface area (Å²) in [5, 5.41) is 0. The number of ether oxygens (including phenoxy) is 2. The Balaban J connectivity index is 3.83. The Hall–Kier alpha value is -0.990. The number of phosphoric acid groups is 1. The number of phosphoric ester groups is 1. The lowest BCUT2D eigenvalue weighted by Crippen LogP contribution is -2.37. The van der Waals surface area contributed by atoms with Crippen molar-refractivity contribution in [1.29, 1.82) is 0 Å². The Labute approximate surface area is 531 Å². The van der Waals surface area contributed by atoms with Crippen molar-refractivity contribution in [2.24, 2.45) is 0 Å². The van der Waals surface area contributed by atoms with Crippen LogP contribution in [0.25, 0.3) is 0 Å². The molecule has 9 nitrogen and oxygen atoms in total. The van der Waals surface area contributed by atoms with Crippen LogP contribution in [0.5, 0.6) is 0 Å². The number of esters is 2. The molecule has 0 saturated heterocycles. The molecule has 10 heteroatoms. The van der Waals surface area contributed by atoms with E-state index in [1.165, 1.54) is 353 Å². The molecular weight excluding hydrogens is 1070 g/mol. The van der Waals surface area contributed by atoms with Crippen molar-refractivity contribution in [2.75, 3.05) is 47.5 Å². The highest BCUT2D eigenvalue weighted by Gasteiger charge is 2.22. The highest BCUT2D eigenvalue weighted by molar-refractivity contribution is 7.45. The number of unbranched alkanes of at least 4 members (excludes halogenated alkanes) is 59. The molecule has 0 aromatic carbocycles. The summed E-state index contributed by atoms with van der Waals surface area (Å²) in [7, 11) is 1.20. The van der Waals surface area contributed by atoms with Gasteiger partial charge in [-0.25, -0.2) is 0 Å². The molecule has 508 valence electrons. The molecule has 0 radical (unpaired) electrons. The fraction of sp³-hybridized carbons (Fsp3) is 0.973. The molecule has 0 aliphatic rings. The zero-order chi connectivity index (χ0) is 61.9. The standard InChI is InChI=1S/C75H150NO8P/c1-6-8-10-12-14-16-18-20-22-24-26-28-29-30-31-32-33-34-35-36-37-38-39-40-41-42-43-44-45-46-47-48-50-52-54-56-58-60-62-64-66-68-75(78)84-73(72-83-85(79,80)82-70-69-76(3,4)5)71-81-74(77)67-65-63-61-59-57-55-53-51-49-27-25-23-21-19-17-15-13-11-9-7-2/h73H,6-72H2,1-5H3. The van der Waals surface area contributed by atoms with Gasteiger partial charge in [-0.3, -0.25) is 14.2 Å². The lowest BCUT2D eigenvalue weighted by molar-refractivity contribution is -0.870. The topological polar surface area (TPSA) is 111 Å². The van der Waals surface area contributed by atoms with Crippen LogP contribution in [-0.2, 0) is 32.7 Å². The van der Waals surface area contributed by atoms with Crippen LogP contribution in [0.3, 0.4) is 0 Å². The predicted octanol–water partition coefficient (Wildman–Crippen LogP) is 24.3. The molecule has 0 aliphatic carbocycles. The Morgan fingerprint density at radius 1 is 0.318 bits per heavy atom. The normalized spacial score (nSPS) is 13.0. The Kier molecular flexibility index (Phi) is 66.6. The van der Waals surface area contributed by atoms with Gasteiger partial charge in [-0.05, 0) is 12.8 Å². The average molecular weight is 1220 g/mol. The number of carbonyl (C=O) groups is 2. The number of likely N-dealkylation sites (N-methyl/N-ethyl adjacent to an activating group) is 1. The first-order chi connectivity index (χ1) is 41.5. The van der Waals surface area contributed by atoms with E-state index in [1.807, 2.05) is 21.1 Å². The Bertz CT molecular complexity index is 1390. The van der Waals surface area contributed by atoms with Gasteiger partial charge in [0.05, 0.1) is 27.7 Å². The van der Waals surface area contributed by atoms with Crippen LogP contribution >= 0.6 is 7.82 Å². The summed E-state index contributed by atoms with van der Waals surface area (Å²) >= 11 is 0. The number of carbonyl (C=O) groups excluding carboxylic acids is 2. The number of hydrogen-bond acceptors (Lipinski definition) is 8. The minimum absolute atomic E-state index is 0.0248. The third kappa shape index (κ3) is 72.0. The summed E-state index contributed by atoms with van der Waals surface area (Å²) in [6.07, 6.45) is 82.3. The van der Waals surface area contributed by atoms with E-state index in [-0.39, 0.29) is 32.0 Å². The van der Waals surface area contributed by atoms with Crippen LogP contribution in [0, 0.1) is 0 Å². The van der Waals surface area contributed by atoms with Gasteiger partial charge in [0.2, 0.25) is 0 Å². The van der Waals surface area contributed by atoms with Crippen LogP contribution < -0.4 is 4.89 Å². The van der Waals surface area contributed by atoms with Crippen molar-refractivity contribution in [3.8, 4) is 0 Å². The third-order valence-electron chi connectivity index (χ3n) is 17.9. The monoisotopic (exact) mass is 1220 g/mol. The van der Waals surface area contributed by atoms with E-state index in [1.54, 1.807) is 0 Å². The van der Waals surface area contributed by atoms with E-state index in [2.05, 4.69) is 13.8 Å². The molecule has 0 aliphatic heterocycles. The molecule has 0 heterocycles. The highest BCUT2D eigenvalue weighted by atomic mass is 31.2. The first-order valence-corrected chi connectivity index (χ1v) is 39.7. The quantitative estimate of drug-likeness (QED) is 0.0256. The van der Waals surface area contributed by atoms with Gasteiger partial charge >= 0.3 is 11.9 Å². The number of hydrogen-bond donors (Lipinski definition) is 0. The molecule has 0 spiro atoms. The van der Waals surface area contributed by atoms with E-state index in [4.69, 9.17) is 18.5 Å².